The number of carbonyl (C=O) groups is 1. The van der Waals surface area contributed by atoms with Gasteiger partial charge in [-0.05, 0) is 44.5 Å². The van der Waals surface area contributed by atoms with Crippen LogP contribution in [0, 0.1) is 0 Å². The molecule has 0 unspecified atom stereocenters. The van der Waals surface area contributed by atoms with Gasteiger partial charge in [-0.25, -0.2) is 4.79 Å². The lowest BCUT2D eigenvalue weighted by Gasteiger charge is -2.33. The second-order valence-corrected chi connectivity index (χ2v) is 4.86. The number of carbonyl (C=O) groups excluding carboxylic acids is 1. The molecule has 4 nitrogen and oxygen atoms in total. The molecule has 4 heteroatoms. The van der Waals surface area contributed by atoms with Gasteiger partial charge in [0.1, 0.15) is 5.75 Å². The molecular weight excluding hydrogens is 240 g/mol. The summed E-state index contributed by atoms with van der Waals surface area (Å²) in [5.74, 6) is 0.613. The van der Waals surface area contributed by atoms with Crippen LogP contribution in [-0.2, 0) is 0 Å². The van der Waals surface area contributed by atoms with Crippen molar-refractivity contribution >= 4 is 6.09 Å². The van der Waals surface area contributed by atoms with Gasteiger partial charge in [0.05, 0.1) is 0 Å². The van der Waals surface area contributed by atoms with Gasteiger partial charge >= 0.3 is 6.09 Å². The van der Waals surface area contributed by atoms with Crippen molar-refractivity contribution in [1.82, 2.24) is 10.2 Å². The molecule has 0 aliphatic carbocycles. The Morgan fingerprint density at radius 2 is 2.00 bits per heavy atom. The van der Waals surface area contributed by atoms with E-state index in [1.165, 1.54) is 0 Å². The smallest absolute Gasteiger partial charge is 0.410 e. The van der Waals surface area contributed by atoms with Crippen LogP contribution in [0.1, 0.15) is 26.2 Å². The first-order chi connectivity index (χ1) is 9.31. The molecule has 0 aromatic heterocycles. The molecule has 19 heavy (non-hydrogen) atoms. The van der Waals surface area contributed by atoms with Crippen molar-refractivity contribution in [1.29, 1.82) is 0 Å². The quantitative estimate of drug-likeness (QED) is 0.907. The highest BCUT2D eigenvalue weighted by molar-refractivity contribution is 5.71. The summed E-state index contributed by atoms with van der Waals surface area (Å²) in [5, 5.41) is 3.32. The first kappa shape index (κ1) is 13.9. The lowest BCUT2D eigenvalue weighted by molar-refractivity contribution is 0.120. The number of piperidine rings is 1. The van der Waals surface area contributed by atoms with Crippen LogP contribution in [0.5, 0.6) is 5.75 Å². The van der Waals surface area contributed by atoms with E-state index < -0.39 is 0 Å². The third kappa shape index (κ3) is 3.96. The summed E-state index contributed by atoms with van der Waals surface area (Å²) in [6.45, 7) is 4.80. The normalized spacial score (nSPS) is 16.1. The number of para-hydroxylation sites is 1. The van der Waals surface area contributed by atoms with Crippen LogP contribution in [-0.4, -0.2) is 36.7 Å². The third-order valence-corrected chi connectivity index (χ3v) is 3.40. The SMILES string of the molecule is CCCN(C(=O)Oc1ccccc1)C1CCNCC1. The fourth-order valence-corrected chi connectivity index (χ4v) is 2.43. The van der Waals surface area contributed by atoms with Gasteiger partial charge in [-0.1, -0.05) is 25.1 Å². The number of amides is 1. The molecule has 1 N–H and O–H groups in total. The van der Waals surface area contributed by atoms with Crippen molar-refractivity contribution in [3.63, 3.8) is 0 Å². The second-order valence-electron chi connectivity index (χ2n) is 4.86. The minimum atomic E-state index is -0.222. The van der Waals surface area contributed by atoms with E-state index in [9.17, 15) is 4.79 Å². The van der Waals surface area contributed by atoms with Crippen LogP contribution < -0.4 is 10.1 Å². The topological polar surface area (TPSA) is 41.6 Å². The average Bonchev–Trinajstić information content (AvgIpc) is 2.46. The summed E-state index contributed by atoms with van der Waals surface area (Å²) < 4.78 is 5.45. The van der Waals surface area contributed by atoms with Gasteiger partial charge in [0.2, 0.25) is 0 Å². The first-order valence-electron chi connectivity index (χ1n) is 7.05. The van der Waals surface area contributed by atoms with Crippen molar-refractivity contribution in [2.75, 3.05) is 19.6 Å². The molecule has 2 rings (SSSR count). The van der Waals surface area contributed by atoms with Gasteiger partial charge < -0.3 is 15.0 Å². The Labute approximate surface area is 114 Å². The molecule has 1 aliphatic heterocycles. The van der Waals surface area contributed by atoms with Gasteiger partial charge in [0.25, 0.3) is 0 Å². The Kier molecular flexibility index (Phi) is 5.21. The van der Waals surface area contributed by atoms with Gasteiger partial charge in [0.15, 0.2) is 0 Å². The highest BCUT2D eigenvalue weighted by Gasteiger charge is 2.25. The van der Waals surface area contributed by atoms with Crippen molar-refractivity contribution < 1.29 is 9.53 Å². The Bertz CT molecular complexity index is 388. The molecule has 1 aliphatic rings. The number of nitrogens with one attached hydrogen (secondary N) is 1. The monoisotopic (exact) mass is 262 g/mol. The van der Waals surface area contributed by atoms with Gasteiger partial charge in [-0.15, -0.1) is 0 Å². The largest absolute Gasteiger partial charge is 0.415 e. The molecule has 0 atom stereocenters. The zero-order valence-electron chi connectivity index (χ0n) is 11.5. The zero-order chi connectivity index (χ0) is 13.5. The lowest BCUT2D eigenvalue weighted by Crippen LogP contribution is -2.47. The van der Waals surface area contributed by atoms with Crippen molar-refractivity contribution in [2.45, 2.75) is 32.2 Å². The summed E-state index contributed by atoms with van der Waals surface area (Å²) in [6, 6.07) is 9.58. The first-order valence-corrected chi connectivity index (χ1v) is 7.05. The number of hydrogen-bond donors (Lipinski definition) is 1. The summed E-state index contributed by atoms with van der Waals surface area (Å²) in [6.07, 6.45) is 2.74. The second kappa shape index (κ2) is 7.14. The highest BCUT2D eigenvalue weighted by atomic mass is 16.6. The van der Waals surface area contributed by atoms with E-state index in [1.54, 1.807) is 0 Å². The summed E-state index contributed by atoms with van der Waals surface area (Å²) >= 11 is 0. The molecule has 1 aromatic carbocycles. The fraction of sp³-hybridized carbons (Fsp3) is 0.533. The van der Waals surface area contributed by atoms with Crippen LogP contribution >= 0.6 is 0 Å². The van der Waals surface area contributed by atoms with Crippen molar-refractivity contribution in [3.8, 4) is 5.75 Å². The molecule has 0 saturated carbocycles. The maximum absolute atomic E-state index is 12.3. The minimum Gasteiger partial charge on any atom is -0.410 e. The summed E-state index contributed by atoms with van der Waals surface area (Å²) in [5.41, 5.74) is 0. The maximum Gasteiger partial charge on any atom is 0.415 e. The van der Waals surface area contributed by atoms with Crippen LogP contribution in [0.3, 0.4) is 0 Å². The maximum atomic E-state index is 12.3. The third-order valence-electron chi connectivity index (χ3n) is 3.40. The fourth-order valence-electron chi connectivity index (χ4n) is 2.43. The molecular formula is C15H22N2O2. The molecule has 1 heterocycles. The van der Waals surface area contributed by atoms with E-state index in [1.807, 2.05) is 35.2 Å². The number of hydrogen-bond acceptors (Lipinski definition) is 3. The molecule has 1 amide bonds. The molecule has 1 fully saturated rings. The van der Waals surface area contributed by atoms with Crippen LogP contribution in [0.4, 0.5) is 4.79 Å². The van der Waals surface area contributed by atoms with Gasteiger partial charge in [0, 0.05) is 12.6 Å². The van der Waals surface area contributed by atoms with Crippen LogP contribution in [0.25, 0.3) is 0 Å². The Hall–Kier alpha value is -1.55. The van der Waals surface area contributed by atoms with Gasteiger partial charge in [-0.3, -0.25) is 0 Å². The van der Waals surface area contributed by atoms with Crippen LogP contribution in [0.2, 0.25) is 0 Å². The summed E-state index contributed by atoms with van der Waals surface area (Å²) in [7, 11) is 0. The van der Waals surface area contributed by atoms with E-state index in [4.69, 9.17) is 4.74 Å². The molecule has 1 saturated heterocycles. The van der Waals surface area contributed by atoms with Gasteiger partial charge in [-0.2, -0.15) is 0 Å². The highest BCUT2D eigenvalue weighted by Crippen LogP contribution is 2.16. The molecule has 0 bridgehead atoms. The van der Waals surface area contributed by atoms with Crippen molar-refractivity contribution in [3.05, 3.63) is 30.3 Å². The average molecular weight is 262 g/mol. The van der Waals surface area contributed by atoms with Crippen molar-refractivity contribution in [2.24, 2.45) is 0 Å². The molecule has 0 spiro atoms. The predicted molar refractivity (Wildman–Crippen MR) is 75.4 cm³/mol. The van der Waals surface area contributed by atoms with E-state index in [0.717, 1.165) is 38.9 Å². The van der Waals surface area contributed by atoms with E-state index >= 15 is 0 Å². The Morgan fingerprint density at radius 3 is 2.63 bits per heavy atom. The minimum absolute atomic E-state index is 0.222. The van der Waals surface area contributed by atoms with E-state index in [0.29, 0.717) is 11.8 Å². The number of rotatable bonds is 4. The number of nitrogens with zero attached hydrogens (tertiary/aromatic N) is 1. The number of ether oxygens (including phenoxy) is 1. The Morgan fingerprint density at radius 1 is 1.32 bits per heavy atom. The number of benzene rings is 1. The lowest BCUT2D eigenvalue weighted by atomic mass is 10.1. The molecule has 1 aromatic rings. The van der Waals surface area contributed by atoms with E-state index in [-0.39, 0.29) is 6.09 Å². The van der Waals surface area contributed by atoms with E-state index in [2.05, 4.69) is 12.2 Å². The molecule has 104 valence electrons. The molecule has 0 radical (unpaired) electrons. The Balaban J connectivity index is 1.99. The summed E-state index contributed by atoms with van der Waals surface area (Å²) in [4.78, 5) is 14.2. The van der Waals surface area contributed by atoms with Crippen LogP contribution in [0.15, 0.2) is 30.3 Å². The predicted octanol–water partition coefficient (Wildman–Crippen LogP) is 2.65. The zero-order valence-corrected chi connectivity index (χ0v) is 11.5. The standard InChI is InChI=1S/C15H22N2O2/c1-2-12-17(13-8-10-16-11-9-13)15(18)19-14-6-4-3-5-7-14/h3-7,13,16H,2,8-12H2,1H3.